The molecule has 0 aromatic heterocycles. The zero-order valence-corrected chi connectivity index (χ0v) is 15.6. The summed E-state index contributed by atoms with van der Waals surface area (Å²) in [4.78, 5) is 23.3. The molecule has 0 spiro atoms. The van der Waals surface area contributed by atoms with Gasteiger partial charge in [0.1, 0.15) is 6.04 Å². The molecule has 0 fully saturated rings. The van der Waals surface area contributed by atoms with Crippen molar-refractivity contribution in [1.82, 2.24) is 10.0 Å². The van der Waals surface area contributed by atoms with Crippen LogP contribution in [0.2, 0.25) is 0 Å². The molecule has 0 aliphatic carbocycles. The van der Waals surface area contributed by atoms with Crippen LogP contribution in [-0.4, -0.2) is 37.0 Å². The van der Waals surface area contributed by atoms with E-state index in [0.29, 0.717) is 0 Å². The normalized spacial score (nSPS) is 13.6. The number of aliphatic carboxylic acids is 1. The number of carboxylic acid groups (broad SMARTS) is 1. The van der Waals surface area contributed by atoms with Crippen LogP contribution >= 0.6 is 0 Å². The van der Waals surface area contributed by atoms with Gasteiger partial charge in [0.2, 0.25) is 10.0 Å². The minimum Gasteiger partial charge on any atom is -0.480 e. The van der Waals surface area contributed by atoms with Gasteiger partial charge in [0.25, 0.3) is 5.91 Å². The van der Waals surface area contributed by atoms with Crippen LogP contribution in [0.25, 0.3) is 0 Å². The molecule has 3 N–H and O–H groups in total. The number of hydrogen-bond donors (Lipinski definition) is 3. The van der Waals surface area contributed by atoms with Gasteiger partial charge in [-0.25, -0.2) is 17.9 Å². The number of benzene rings is 1. The summed E-state index contributed by atoms with van der Waals surface area (Å²) < 4.78 is 27.0. The zero-order valence-electron chi connectivity index (χ0n) is 14.7. The highest BCUT2D eigenvalue weighted by Gasteiger charge is 2.23. The first-order valence-corrected chi connectivity index (χ1v) is 9.23. The highest BCUT2D eigenvalue weighted by Crippen LogP contribution is 2.14. The maximum atomic E-state index is 12.2. The van der Waals surface area contributed by atoms with Crippen LogP contribution in [0.15, 0.2) is 41.3 Å². The van der Waals surface area contributed by atoms with Crippen molar-refractivity contribution in [3.63, 3.8) is 0 Å². The maximum absolute atomic E-state index is 12.2. The zero-order chi connectivity index (χ0) is 19.3. The van der Waals surface area contributed by atoms with Gasteiger partial charge in [-0.2, -0.15) is 0 Å². The summed E-state index contributed by atoms with van der Waals surface area (Å²) >= 11 is 0. The van der Waals surface area contributed by atoms with E-state index in [-0.39, 0.29) is 16.9 Å². The number of hydrogen-bond acceptors (Lipinski definition) is 4. The lowest BCUT2D eigenvalue weighted by molar-refractivity contribution is -0.139. The van der Waals surface area contributed by atoms with Gasteiger partial charge < -0.3 is 10.4 Å². The summed E-state index contributed by atoms with van der Waals surface area (Å²) in [5, 5.41) is 11.5. The van der Waals surface area contributed by atoms with Gasteiger partial charge in [0.15, 0.2) is 0 Å². The van der Waals surface area contributed by atoms with E-state index in [1.807, 2.05) is 0 Å². The molecule has 1 aromatic rings. The van der Waals surface area contributed by atoms with Gasteiger partial charge in [0, 0.05) is 11.1 Å². The Bertz CT molecular complexity index is 746. The fraction of sp³-hybridized carbons (Fsp3) is 0.412. The third-order valence-corrected chi connectivity index (χ3v) is 4.85. The van der Waals surface area contributed by atoms with Crippen molar-refractivity contribution < 1.29 is 23.1 Å². The highest BCUT2D eigenvalue weighted by molar-refractivity contribution is 7.89. The Labute approximate surface area is 148 Å². The molecule has 1 unspecified atom stereocenters. The lowest BCUT2D eigenvalue weighted by Crippen LogP contribution is -2.41. The first-order chi connectivity index (χ1) is 11.5. The number of nitrogens with one attached hydrogen (secondary N) is 2. The summed E-state index contributed by atoms with van der Waals surface area (Å²) in [6.07, 6.45) is 3.51. The van der Waals surface area contributed by atoms with Gasteiger partial charge in [0.05, 0.1) is 4.90 Å². The second kappa shape index (κ2) is 8.26. The van der Waals surface area contributed by atoms with E-state index < -0.39 is 33.5 Å². The maximum Gasteiger partial charge on any atom is 0.326 e. The number of carbonyl (C=O) groups excluding carboxylic acids is 1. The van der Waals surface area contributed by atoms with Crippen LogP contribution in [0.5, 0.6) is 0 Å². The largest absolute Gasteiger partial charge is 0.480 e. The summed E-state index contributed by atoms with van der Waals surface area (Å²) in [5.74, 6) is -1.72. The van der Waals surface area contributed by atoms with Crippen molar-refractivity contribution in [2.45, 2.75) is 50.6 Å². The monoisotopic (exact) mass is 368 g/mol. The van der Waals surface area contributed by atoms with E-state index in [0.717, 1.165) is 0 Å². The second-order valence-electron chi connectivity index (χ2n) is 6.55. The van der Waals surface area contributed by atoms with Crippen LogP contribution in [0, 0.1) is 0 Å². The standard InChI is InChI=1S/C17H24N2O5S/c1-5-6-7-14(16(21)22)18-15(20)12-8-10-13(11-9-12)25(23,24)19-17(2,3)4/h5-6,8-11,14,19H,7H2,1-4H3,(H,18,20)(H,21,22)/b6-5+. The number of rotatable bonds is 7. The molecule has 8 heteroatoms. The third-order valence-electron chi connectivity index (χ3n) is 3.08. The summed E-state index contributed by atoms with van der Waals surface area (Å²) in [5.41, 5.74) is -0.447. The van der Waals surface area contributed by atoms with E-state index in [1.165, 1.54) is 24.3 Å². The molecule has 0 heterocycles. The van der Waals surface area contributed by atoms with Crippen LogP contribution in [0.1, 0.15) is 44.5 Å². The molecule has 0 aliphatic rings. The second-order valence-corrected chi connectivity index (χ2v) is 8.23. The Morgan fingerprint density at radius 3 is 2.20 bits per heavy atom. The summed E-state index contributed by atoms with van der Waals surface area (Å²) in [7, 11) is -3.69. The number of allylic oxidation sites excluding steroid dienone is 1. The van der Waals surface area contributed by atoms with Crippen LogP contribution in [-0.2, 0) is 14.8 Å². The van der Waals surface area contributed by atoms with Crippen molar-refractivity contribution >= 4 is 21.9 Å². The Balaban J connectivity index is 2.91. The Kier molecular flexibility index (Phi) is 6.89. The molecule has 0 radical (unpaired) electrons. The fourth-order valence-electron chi connectivity index (χ4n) is 1.98. The average Bonchev–Trinajstić information content (AvgIpc) is 2.48. The molecule has 1 atom stereocenters. The molecule has 25 heavy (non-hydrogen) atoms. The van der Waals surface area contributed by atoms with Crippen molar-refractivity contribution in [3.8, 4) is 0 Å². The van der Waals surface area contributed by atoms with E-state index in [2.05, 4.69) is 10.0 Å². The fourth-order valence-corrected chi connectivity index (χ4v) is 3.40. The van der Waals surface area contributed by atoms with Crippen molar-refractivity contribution in [1.29, 1.82) is 0 Å². The molecule has 0 aliphatic heterocycles. The van der Waals surface area contributed by atoms with Gasteiger partial charge >= 0.3 is 5.97 Å². The summed E-state index contributed by atoms with van der Waals surface area (Å²) in [6.45, 7) is 6.93. The highest BCUT2D eigenvalue weighted by atomic mass is 32.2. The summed E-state index contributed by atoms with van der Waals surface area (Å²) in [6, 6.07) is 4.27. The first kappa shape index (κ1) is 20.9. The quantitative estimate of drug-likeness (QED) is 0.637. The van der Waals surface area contributed by atoms with E-state index >= 15 is 0 Å². The molecule has 1 rings (SSSR count). The predicted molar refractivity (Wildman–Crippen MR) is 94.8 cm³/mol. The minimum atomic E-state index is -3.69. The molecule has 0 bridgehead atoms. The number of sulfonamides is 1. The number of amides is 1. The van der Waals surface area contributed by atoms with Gasteiger partial charge in [-0.15, -0.1) is 0 Å². The lowest BCUT2D eigenvalue weighted by atomic mass is 10.1. The molecule has 0 saturated heterocycles. The van der Waals surface area contributed by atoms with Gasteiger partial charge in [-0.05, 0) is 58.4 Å². The molecule has 1 amide bonds. The minimum absolute atomic E-state index is 0.0303. The molecule has 138 valence electrons. The smallest absolute Gasteiger partial charge is 0.326 e. The third kappa shape index (κ3) is 6.67. The van der Waals surface area contributed by atoms with Crippen LogP contribution < -0.4 is 10.0 Å². The molecule has 0 saturated carbocycles. The van der Waals surface area contributed by atoms with Gasteiger partial charge in [-0.1, -0.05) is 12.2 Å². The number of carboxylic acids is 1. The first-order valence-electron chi connectivity index (χ1n) is 7.75. The molecule has 1 aromatic carbocycles. The topological polar surface area (TPSA) is 113 Å². The van der Waals surface area contributed by atoms with Crippen LogP contribution in [0.3, 0.4) is 0 Å². The van der Waals surface area contributed by atoms with Crippen molar-refractivity contribution in [3.05, 3.63) is 42.0 Å². The van der Waals surface area contributed by atoms with E-state index in [4.69, 9.17) is 5.11 Å². The average molecular weight is 368 g/mol. The predicted octanol–water partition coefficient (Wildman–Crippen LogP) is 1.91. The van der Waals surface area contributed by atoms with Gasteiger partial charge in [-0.3, -0.25) is 4.79 Å². The lowest BCUT2D eigenvalue weighted by Gasteiger charge is -2.20. The molecular formula is C17H24N2O5S. The Hall–Kier alpha value is -2.19. The van der Waals surface area contributed by atoms with Crippen molar-refractivity contribution in [2.24, 2.45) is 0 Å². The van der Waals surface area contributed by atoms with E-state index in [1.54, 1.807) is 39.8 Å². The Morgan fingerprint density at radius 2 is 1.76 bits per heavy atom. The molecular weight excluding hydrogens is 344 g/mol. The SMILES string of the molecule is C/C=C/CC(NC(=O)c1ccc(S(=O)(=O)NC(C)(C)C)cc1)C(=O)O. The van der Waals surface area contributed by atoms with Crippen molar-refractivity contribution in [2.75, 3.05) is 0 Å². The number of carbonyl (C=O) groups is 2. The Morgan fingerprint density at radius 1 is 1.20 bits per heavy atom. The van der Waals surface area contributed by atoms with Crippen LogP contribution in [0.4, 0.5) is 0 Å². The molecule has 7 nitrogen and oxygen atoms in total. The van der Waals surface area contributed by atoms with E-state index in [9.17, 15) is 18.0 Å².